The molecule has 1 aliphatic rings. The van der Waals surface area contributed by atoms with E-state index in [1.165, 1.54) is 12.8 Å². The van der Waals surface area contributed by atoms with Gasteiger partial charge in [-0.3, -0.25) is 19.1 Å². The molecule has 0 aromatic carbocycles. The van der Waals surface area contributed by atoms with Crippen LogP contribution in [0.3, 0.4) is 0 Å². The van der Waals surface area contributed by atoms with E-state index in [1.807, 2.05) is 35.5 Å². The molecule has 8 heteroatoms. The lowest BCUT2D eigenvalue weighted by molar-refractivity contribution is -0.121. The summed E-state index contributed by atoms with van der Waals surface area (Å²) in [4.78, 5) is 15.0. The first-order valence-electron chi connectivity index (χ1n) is 10.4. The van der Waals surface area contributed by atoms with Crippen LogP contribution in [0.1, 0.15) is 43.7 Å². The Bertz CT molecular complexity index is 950. The molecule has 4 rings (SSSR count). The van der Waals surface area contributed by atoms with E-state index in [1.54, 1.807) is 12.5 Å². The number of hydrogen-bond acceptors (Lipinski definition) is 5. The van der Waals surface area contributed by atoms with Crippen LogP contribution in [-0.2, 0) is 18.4 Å². The van der Waals surface area contributed by atoms with Gasteiger partial charge in [0, 0.05) is 20.0 Å². The minimum atomic E-state index is 0.0251. The predicted molar refractivity (Wildman–Crippen MR) is 110 cm³/mol. The number of aromatic nitrogens is 4. The van der Waals surface area contributed by atoms with Crippen LogP contribution < -0.4 is 5.32 Å². The van der Waals surface area contributed by atoms with Gasteiger partial charge in [-0.2, -0.15) is 10.2 Å². The van der Waals surface area contributed by atoms with Crippen molar-refractivity contribution in [2.45, 2.75) is 45.7 Å². The number of aryl methyl sites for hydroxylation is 3. The number of piperidine rings is 1. The zero-order valence-corrected chi connectivity index (χ0v) is 17.5. The fraction of sp³-hybridized carbons (Fsp3) is 0.571. The monoisotopic (exact) mass is 398 g/mol. The van der Waals surface area contributed by atoms with Crippen LogP contribution in [0.15, 0.2) is 29.0 Å². The molecule has 29 heavy (non-hydrogen) atoms. The zero-order valence-electron chi connectivity index (χ0n) is 17.5. The molecule has 1 aliphatic heterocycles. The lowest BCUT2D eigenvalue weighted by Gasteiger charge is -2.35. The maximum Gasteiger partial charge on any atom is 0.221 e. The molecule has 0 bridgehead atoms. The third-order valence-electron chi connectivity index (χ3n) is 5.99. The highest BCUT2D eigenvalue weighted by Crippen LogP contribution is 2.26. The zero-order chi connectivity index (χ0) is 20.4. The Kier molecular flexibility index (Phi) is 5.71. The van der Waals surface area contributed by atoms with E-state index >= 15 is 0 Å². The molecule has 1 N–H and O–H groups in total. The van der Waals surface area contributed by atoms with Crippen LogP contribution in [0.25, 0.3) is 11.0 Å². The first-order valence-corrected chi connectivity index (χ1v) is 10.4. The maximum atomic E-state index is 12.6. The van der Waals surface area contributed by atoms with Crippen LogP contribution in [-0.4, -0.2) is 50.0 Å². The van der Waals surface area contributed by atoms with Gasteiger partial charge in [-0.05, 0) is 50.9 Å². The van der Waals surface area contributed by atoms with Gasteiger partial charge in [0.25, 0.3) is 0 Å². The van der Waals surface area contributed by atoms with Crippen LogP contribution in [0.5, 0.6) is 0 Å². The van der Waals surface area contributed by atoms with Crippen LogP contribution in [0, 0.1) is 12.8 Å². The topological polar surface area (TPSA) is 81.1 Å². The summed E-state index contributed by atoms with van der Waals surface area (Å²) < 4.78 is 9.36. The third kappa shape index (κ3) is 4.22. The molecular weight excluding hydrogens is 368 g/mol. The molecule has 1 amide bonds. The average molecular weight is 399 g/mol. The fourth-order valence-electron chi connectivity index (χ4n) is 4.22. The van der Waals surface area contributed by atoms with Crippen molar-refractivity contribution in [2.24, 2.45) is 13.0 Å². The van der Waals surface area contributed by atoms with Crippen LogP contribution in [0.2, 0.25) is 0 Å². The molecule has 3 aromatic rings. The molecule has 0 spiro atoms. The molecule has 3 aromatic heterocycles. The maximum absolute atomic E-state index is 12.6. The van der Waals surface area contributed by atoms with Crippen molar-refractivity contribution in [3.63, 3.8) is 0 Å². The van der Waals surface area contributed by atoms with Gasteiger partial charge in [0.05, 0.1) is 30.7 Å². The number of amides is 1. The minimum absolute atomic E-state index is 0.0251. The van der Waals surface area contributed by atoms with Gasteiger partial charge in [-0.15, -0.1) is 0 Å². The van der Waals surface area contributed by atoms with Crippen molar-refractivity contribution in [2.75, 3.05) is 19.6 Å². The van der Waals surface area contributed by atoms with E-state index in [0.717, 1.165) is 41.5 Å². The summed E-state index contributed by atoms with van der Waals surface area (Å²) in [5.41, 5.74) is 2.91. The first kappa shape index (κ1) is 19.7. The van der Waals surface area contributed by atoms with E-state index in [9.17, 15) is 4.79 Å². The number of nitrogens with zero attached hydrogens (tertiary/aromatic N) is 5. The molecule has 0 radical (unpaired) electrons. The SMILES string of the molecule is Cc1nn(C)c2cnn(CCC(=O)NCC(c3ccco3)N3CCC(C)CC3)c12. The van der Waals surface area contributed by atoms with Crippen molar-refractivity contribution in [3.8, 4) is 0 Å². The number of hydrogen-bond donors (Lipinski definition) is 1. The van der Waals surface area contributed by atoms with Gasteiger partial charge in [0.2, 0.25) is 5.91 Å². The van der Waals surface area contributed by atoms with Gasteiger partial charge in [0.15, 0.2) is 0 Å². The Labute approximate surface area is 170 Å². The molecule has 1 unspecified atom stereocenters. The number of carbonyl (C=O) groups excluding carboxylic acids is 1. The summed E-state index contributed by atoms with van der Waals surface area (Å²) in [5, 5.41) is 11.9. The van der Waals surface area contributed by atoms with E-state index in [2.05, 4.69) is 27.3 Å². The molecule has 1 saturated heterocycles. The number of nitrogens with one attached hydrogen (secondary N) is 1. The van der Waals surface area contributed by atoms with Gasteiger partial charge < -0.3 is 9.73 Å². The van der Waals surface area contributed by atoms with Crippen molar-refractivity contribution >= 4 is 16.9 Å². The molecule has 4 heterocycles. The Morgan fingerprint density at radius 2 is 2.17 bits per heavy atom. The normalized spacial score (nSPS) is 17.1. The van der Waals surface area contributed by atoms with Crippen molar-refractivity contribution in [1.82, 2.24) is 29.8 Å². The highest BCUT2D eigenvalue weighted by Gasteiger charge is 2.26. The Hall–Kier alpha value is -2.61. The van der Waals surface area contributed by atoms with Crippen molar-refractivity contribution in [1.29, 1.82) is 0 Å². The van der Waals surface area contributed by atoms with Gasteiger partial charge in [0.1, 0.15) is 16.8 Å². The second kappa shape index (κ2) is 8.41. The summed E-state index contributed by atoms with van der Waals surface area (Å²) in [5.74, 6) is 1.71. The second-order valence-corrected chi connectivity index (χ2v) is 8.11. The third-order valence-corrected chi connectivity index (χ3v) is 5.99. The number of fused-ring (bicyclic) bond motifs is 1. The molecule has 156 valence electrons. The molecular formula is C21H30N6O2. The lowest BCUT2D eigenvalue weighted by atomic mass is 9.97. The van der Waals surface area contributed by atoms with E-state index in [4.69, 9.17) is 4.42 Å². The van der Waals surface area contributed by atoms with Gasteiger partial charge in [-0.1, -0.05) is 6.92 Å². The number of likely N-dealkylation sites (tertiary alicyclic amines) is 1. The van der Waals surface area contributed by atoms with E-state index < -0.39 is 0 Å². The summed E-state index contributed by atoms with van der Waals surface area (Å²) in [6, 6.07) is 4.00. The molecule has 0 aliphatic carbocycles. The summed E-state index contributed by atoms with van der Waals surface area (Å²) in [7, 11) is 1.91. The smallest absolute Gasteiger partial charge is 0.221 e. The average Bonchev–Trinajstić information content (AvgIpc) is 3.42. The standard InChI is InChI=1S/C21H30N6O2/c1-15-6-9-26(10-7-15)17(19-5-4-12-29-19)13-22-20(28)8-11-27-21-16(2)24-25(3)18(21)14-23-27/h4-5,12,14-15,17H,6-11,13H2,1-3H3,(H,22,28). The largest absolute Gasteiger partial charge is 0.468 e. The minimum Gasteiger partial charge on any atom is -0.468 e. The lowest BCUT2D eigenvalue weighted by Crippen LogP contribution is -2.41. The molecule has 0 saturated carbocycles. The quantitative estimate of drug-likeness (QED) is 0.662. The van der Waals surface area contributed by atoms with E-state index in [0.29, 0.717) is 19.5 Å². The predicted octanol–water partition coefficient (Wildman–Crippen LogP) is 2.65. The van der Waals surface area contributed by atoms with Crippen molar-refractivity contribution < 1.29 is 9.21 Å². The highest BCUT2D eigenvalue weighted by atomic mass is 16.3. The van der Waals surface area contributed by atoms with Crippen molar-refractivity contribution in [3.05, 3.63) is 36.0 Å². The summed E-state index contributed by atoms with van der Waals surface area (Å²) in [6.45, 7) is 7.43. The van der Waals surface area contributed by atoms with Crippen LogP contribution in [0.4, 0.5) is 0 Å². The first-order chi connectivity index (χ1) is 14.0. The van der Waals surface area contributed by atoms with Gasteiger partial charge >= 0.3 is 0 Å². The fourth-order valence-corrected chi connectivity index (χ4v) is 4.22. The summed E-state index contributed by atoms with van der Waals surface area (Å²) in [6.07, 6.45) is 6.26. The Morgan fingerprint density at radius 1 is 1.38 bits per heavy atom. The highest BCUT2D eigenvalue weighted by molar-refractivity contribution is 5.78. The van der Waals surface area contributed by atoms with Crippen LogP contribution >= 0.6 is 0 Å². The number of furan rings is 1. The van der Waals surface area contributed by atoms with Gasteiger partial charge in [-0.25, -0.2) is 0 Å². The molecule has 1 atom stereocenters. The Morgan fingerprint density at radius 3 is 2.90 bits per heavy atom. The Balaban J connectivity index is 1.35. The second-order valence-electron chi connectivity index (χ2n) is 8.11. The number of rotatable bonds is 7. The molecule has 1 fully saturated rings. The van der Waals surface area contributed by atoms with E-state index in [-0.39, 0.29) is 11.9 Å². The molecule has 8 nitrogen and oxygen atoms in total. The number of carbonyl (C=O) groups is 1. The summed E-state index contributed by atoms with van der Waals surface area (Å²) >= 11 is 0.